The summed E-state index contributed by atoms with van der Waals surface area (Å²) in [5.41, 5.74) is 0.750. The summed E-state index contributed by atoms with van der Waals surface area (Å²) in [6, 6.07) is 10.6. The number of carbonyl (C=O) groups is 1. The normalized spacial score (nSPS) is 10.8. The van der Waals surface area contributed by atoms with Gasteiger partial charge in [-0.2, -0.15) is 5.26 Å². The van der Waals surface area contributed by atoms with E-state index in [4.69, 9.17) is 9.47 Å². The first-order chi connectivity index (χ1) is 10.2. The predicted molar refractivity (Wildman–Crippen MR) is 81.8 cm³/mol. The van der Waals surface area contributed by atoms with Crippen LogP contribution in [-0.4, -0.2) is 20.0 Å². The zero-order valence-corrected chi connectivity index (χ0v) is 12.4. The monoisotopic (exact) mass is 299 g/mol. The van der Waals surface area contributed by atoms with E-state index in [1.807, 2.05) is 6.07 Å². The van der Waals surface area contributed by atoms with Gasteiger partial charge in [0.1, 0.15) is 23.1 Å². The highest BCUT2D eigenvalue weighted by atomic mass is 32.1. The van der Waals surface area contributed by atoms with E-state index in [1.165, 1.54) is 17.4 Å². The van der Waals surface area contributed by atoms with Gasteiger partial charge < -0.3 is 9.47 Å². The van der Waals surface area contributed by atoms with E-state index in [9.17, 15) is 10.1 Å². The van der Waals surface area contributed by atoms with Gasteiger partial charge in [0.05, 0.1) is 19.1 Å². The summed E-state index contributed by atoms with van der Waals surface area (Å²) < 4.78 is 10.3. The molecule has 0 bridgehead atoms. The average molecular weight is 299 g/mol. The molecule has 106 valence electrons. The van der Waals surface area contributed by atoms with Crippen molar-refractivity contribution in [2.75, 3.05) is 14.2 Å². The van der Waals surface area contributed by atoms with E-state index >= 15 is 0 Å². The Bertz CT molecular complexity index is 689. The minimum atomic E-state index is -0.283. The number of methoxy groups -OCH3 is 2. The van der Waals surface area contributed by atoms with E-state index in [0.29, 0.717) is 21.9 Å². The van der Waals surface area contributed by atoms with E-state index < -0.39 is 0 Å². The third-order valence-electron chi connectivity index (χ3n) is 2.79. The van der Waals surface area contributed by atoms with Crippen LogP contribution in [0.4, 0.5) is 0 Å². The van der Waals surface area contributed by atoms with Crippen LogP contribution in [0.2, 0.25) is 0 Å². The van der Waals surface area contributed by atoms with Crippen LogP contribution in [0.3, 0.4) is 0 Å². The molecule has 0 aliphatic carbocycles. The Morgan fingerprint density at radius 1 is 1.24 bits per heavy atom. The van der Waals surface area contributed by atoms with Crippen LogP contribution in [0, 0.1) is 11.3 Å². The molecule has 1 aromatic carbocycles. The fourth-order valence-corrected chi connectivity index (χ4v) is 2.45. The maximum absolute atomic E-state index is 12.2. The number of hydrogen-bond acceptors (Lipinski definition) is 5. The second kappa shape index (κ2) is 6.73. The lowest BCUT2D eigenvalue weighted by atomic mass is 10.1. The Hall–Kier alpha value is -2.58. The highest BCUT2D eigenvalue weighted by Gasteiger charge is 2.13. The summed E-state index contributed by atoms with van der Waals surface area (Å²) in [6.45, 7) is 0. The van der Waals surface area contributed by atoms with Crippen molar-refractivity contribution in [3.05, 3.63) is 51.7 Å². The first-order valence-corrected chi connectivity index (χ1v) is 6.99. The number of nitriles is 1. The van der Waals surface area contributed by atoms with E-state index in [-0.39, 0.29) is 11.4 Å². The van der Waals surface area contributed by atoms with Gasteiger partial charge in [-0.05, 0) is 35.2 Å². The molecule has 0 unspecified atom stereocenters. The van der Waals surface area contributed by atoms with Crippen LogP contribution < -0.4 is 9.47 Å². The van der Waals surface area contributed by atoms with E-state index in [1.54, 1.807) is 49.9 Å². The number of Topliss-reactive ketones (excluding diaryl/α,β-unsaturated/α-hetero) is 1. The number of carbonyl (C=O) groups excluding carboxylic acids is 1. The van der Waals surface area contributed by atoms with Gasteiger partial charge in [-0.15, -0.1) is 11.3 Å². The largest absolute Gasteiger partial charge is 0.497 e. The van der Waals surface area contributed by atoms with Crippen molar-refractivity contribution in [1.82, 2.24) is 0 Å². The van der Waals surface area contributed by atoms with Gasteiger partial charge in [-0.25, -0.2) is 0 Å². The number of ether oxygens (including phenoxy) is 2. The lowest BCUT2D eigenvalue weighted by Crippen LogP contribution is -1.99. The van der Waals surface area contributed by atoms with Gasteiger partial charge in [0.15, 0.2) is 0 Å². The Balaban J connectivity index is 2.40. The van der Waals surface area contributed by atoms with E-state index in [2.05, 4.69) is 0 Å². The first-order valence-electron chi connectivity index (χ1n) is 6.11. The van der Waals surface area contributed by atoms with Crippen molar-refractivity contribution in [3.8, 4) is 17.6 Å². The molecule has 4 nitrogen and oxygen atoms in total. The molecule has 0 aliphatic heterocycles. The molecule has 0 saturated heterocycles. The zero-order valence-electron chi connectivity index (χ0n) is 11.6. The lowest BCUT2D eigenvalue weighted by molar-refractivity contribution is 0.104. The van der Waals surface area contributed by atoms with Crippen LogP contribution >= 0.6 is 11.3 Å². The van der Waals surface area contributed by atoms with Crippen molar-refractivity contribution in [1.29, 1.82) is 5.26 Å². The number of nitrogens with zero attached hydrogens (tertiary/aromatic N) is 1. The molecule has 1 aromatic heterocycles. The van der Waals surface area contributed by atoms with Gasteiger partial charge in [0.2, 0.25) is 5.78 Å². The molecule has 0 fully saturated rings. The fraction of sp³-hybridized carbons (Fsp3) is 0.125. The molecule has 0 saturated carbocycles. The van der Waals surface area contributed by atoms with Crippen LogP contribution in [0.25, 0.3) is 6.08 Å². The molecular formula is C16H13NO3S. The second-order valence-electron chi connectivity index (χ2n) is 4.12. The average Bonchev–Trinajstić information content (AvgIpc) is 3.05. The summed E-state index contributed by atoms with van der Waals surface area (Å²) in [6.07, 6.45) is 1.53. The third kappa shape index (κ3) is 3.50. The van der Waals surface area contributed by atoms with Crippen molar-refractivity contribution in [2.45, 2.75) is 0 Å². The van der Waals surface area contributed by atoms with E-state index in [0.717, 1.165) is 0 Å². The molecule has 0 N–H and O–H groups in total. The SMILES string of the molecule is COc1cc(/C=C(\C#N)C(=O)c2cccs2)cc(OC)c1. The summed E-state index contributed by atoms with van der Waals surface area (Å²) in [5, 5.41) is 11.0. The summed E-state index contributed by atoms with van der Waals surface area (Å²) in [7, 11) is 3.09. The molecule has 0 radical (unpaired) electrons. The Labute approximate surface area is 126 Å². The molecule has 0 atom stereocenters. The first kappa shape index (κ1) is 14.8. The van der Waals surface area contributed by atoms with Gasteiger partial charge in [-0.3, -0.25) is 4.79 Å². The predicted octanol–water partition coefficient (Wildman–Crippen LogP) is 3.56. The maximum atomic E-state index is 12.2. The van der Waals surface area contributed by atoms with Gasteiger partial charge in [0, 0.05) is 6.07 Å². The van der Waals surface area contributed by atoms with Crippen LogP contribution in [0.5, 0.6) is 11.5 Å². The number of rotatable bonds is 5. The molecule has 0 amide bonds. The number of benzene rings is 1. The maximum Gasteiger partial charge on any atom is 0.213 e. The topological polar surface area (TPSA) is 59.3 Å². The molecule has 5 heteroatoms. The highest BCUT2D eigenvalue weighted by Crippen LogP contribution is 2.25. The lowest BCUT2D eigenvalue weighted by Gasteiger charge is -2.06. The van der Waals surface area contributed by atoms with Crippen LogP contribution in [0.15, 0.2) is 41.3 Å². The van der Waals surface area contributed by atoms with Crippen molar-refractivity contribution in [2.24, 2.45) is 0 Å². The Morgan fingerprint density at radius 2 is 1.90 bits per heavy atom. The Morgan fingerprint density at radius 3 is 2.38 bits per heavy atom. The standard InChI is InChI=1S/C16H13NO3S/c1-19-13-7-11(8-14(9-13)20-2)6-12(10-17)16(18)15-4-3-5-21-15/h3-9H,1-2H3/b12-6+. The molecular weight excluding hydrogens is 286 g/mol. The van der Waals surface area contributed by atoms with Crippen molar-refractivity contribution >= 4 is 23.2 Å². The fourth-order valence-electron chi connectivity index (χ4n) is 1.77. The smallest absolute Gasteiger partial charge is 0.213 e. The quantitative estimate of drug-likeness (QED) is 0.481. The number of thiophene rings is 1. The second-order valence-corrected chi connectivity index (χ2v) is 5.07. The highest BCUT2D eigenvalue weighted by molar-refractivity contribution is 7.12. The van der Waals surface area contributed by atoms with Crippen molar-refractivity contribution in [3.63, 3.8) is 0 Å². The van der Waals surface area contributed by atoms with Gasteiger partial charge in [-0.1, -0.05) is 6.07 Å². The van der Waals surface area contributed by atoms with Gasteiger partial charge >= 0.3 is 0 Å². The Kier molecular flexibility index (Phi) is 4.75. The number of allylic oxidation sites excluding steroid dienone is 1. The summed E-state index contributed by atoms with van der Waals surface area (Å²) in [4.78, 5) is 12.7. The molecule has 0 aliphatic rings. The molecule has 1 heterocycles. The molecule has 2 rings (SSSR count). The summed E-state index contributed by atoms with van der Waals surface area (Å²) >= 11 is 1.31. The molecule has 2 aromatic rings. The molecule has 21 heavy (non-hydrogen) atoms. The minimum absolute atomic E-state index is 0.0766. The van der Waals surface area contributed by atoms with Gasteiger partial charge in [0.25, 0.3) is 0 Å². The molecule has 0 spiro atoms. The number of hydrogen-bond donors (Lipinski definition) is 0. The van der Waals surface area contributed by atoms with Crippen molar-refractivity contribution < 1.29 is 14.3 Å². The van der Waals surface area contributed by atoms with Crippen LogP contribution in [0.1, 0.15) is 15.2 Å². The minimum Gasteiger partial charge on any atom is -0.497 e. The number of ketones is 1. The zero-order chi connectivity index (χ0) is 15.2. The van der Waals surface area contributed by atoms with Crippen LogP contribution in [-0.2, 0) is 0 Å². The third-order valence-corrected chi connectivity index (χ3v) is 3.66. The summed E-state index contributed by atoms with van der Waals surface area (Å²) in [5.74, 6) is 0.914.